The molecule has 4 heteroatoms. The molecule has 4 nitrogen and oxygen atoms in total. The van der Waals surface area contributed by atoms with Crippen LogP contribution in [0.25, 0.3) is 0 Å². The van der Waals surface area contributed by atoms with E-state index in [-0.39, 0.29) is 5.56 Å². The zero-order valence-corrected chi connectivity index (χ0v) is 10.5. The largest absolute Gasteiger partial charge is 0.478 e. The van der Waals surface area contributed by atoms with Crippen molar-refractivity contribution in [1.82, 2.24) is 0 Å². The van der Waals surface area contributed by atoms with E-state index in [1.165, 1.54) is 12.1 Å². The Labute approximate surface area is 111 Å². The van der Waals surface area contributed by atoms with Gasteiger partial charge in [0.1, 0.15) is 5.60 Å². The second kappa shape index (κ2) is 4.42. The predicted octanol–water partition coefficient (Wildman–Crippen LogP) is 1.79. The van der Waals surface area contributed by atoms with Crippen molar-refractivity contribution in [2.24, 2.45) is 5.41 Å². The first-order chi connectivity index (χ1) is 8.90. The van der Waals surface area contributed by atoms with Crippen molar-refractivity contribution in [2.75, 3.05) is 0 Å². The Balaban J connectivity index is 2.21. The zero-order valence-electron chi connectivity index (χ0n) is 10.5. The number of aliphatic hydroxyl groups is 1. The first-order valence-corrected chi connectivity index (χ1v) is 5.90. The topological polar surface area (TPSA) is 81.3 Å². The summed E-state index contributed by atoms with van der Waals surface area (Å²) < 4.78 is 0. The van der Waals surface area contributed by atoms with E-state index < -0.39 is 17.0 Å². The quantitative estimate of drug-likeness (QED) is 0.789. The van der Waals surface area contributed by atoms with Crippen molar-refractivity contribution in [3.63, 3.8) is 0 Å². The average molecular weight is 255 g/mol. The summed E-state index contributed by atoms with van der Waals surface area (Å²) in [6.07, 6.45) is 1.31. The van der Waals surface area contributed by atoms with Crippen LogP contribution in [0.5, 0.6) is 0 Å². The summed E-state index contributed by atoms with van der Waals surface area (Å²) in [5.74, 6) is 4.51. The fraction of sp³-hybridized carbons (Fsp3) is 0.333. The lowest BCUT2D eigenvalue weighted by Crippen LogP contribution is -2.33. The molecule has 0 aromatic heterocycles. The van der Waals surface area contributed by atoms with Crippen LogP contribution >= 0.6 is 0 Å². The Morgan fingerprint density at radius 3 is 2.37 bits per heavy atom. The van der Waals surface area contributed by atoms with Crippen LogP contribution in [0.4, 0.5) is 0 Å². The third kappa shape index (κ3) is 2.45. The second-order valence-electron chi connectivity index (χ2n) is 4.90. The normalized spacial score (nSPS) is 18.4. The number of carboxylic acids is 1. The zero-order chi connectivity index (χ0) is 14.1. The maximum Gasteiger partial charge on any atom is 0.335 e. The van der Waals surface area contributed by atoms with Gasteiger partial charge >= 0.3 is 5.97 Å². The van der Waals surface area contributed by atoms with Crippen LogP contribution in [0, 0.1) is 28.6 Å². The summed E-state index contributed by atoms with van der Waals surface area (Å²) in [6, 6.07) is 8.20. The van der Waals surface area contributed by atoms with Gasteiger partial charge in [0, 0.05) is 5.56 Å². The molecule has 2 N–H and O–H groups in total. The smallest absolute Gasteiger partial charge is 0.335 e. The van der Waals surface area contributed by atoms with E-state index in [1.807, 2.05) is 0 Å². The summed E-state index contributed by atoms with van der Waals surface area (Å²) in [5, 5.41) is 28.0. The number of hydrogen-bond acceptors (Lipinski definition) is 3. The molecule has 0 aliphatic heterocycles. The number of hydrogen-bond donors (Lipinski definition) is 2. The molecule has 0 bridgehead atoms. The molecule has 96 valence electrons. The summed E-state index contributed by atoms with van der Waals surface area (Å²) in [5.41, 5.74) is -1.29. The Kier molecular flexibility index (Phi) is 3.06. The number of benzene rings is 1. The molecule has 2 rings (SSSR count). The highest BCUT2D eigenvalue weighted by Gasteiger charge is 2.56. The second-order valence-corrected chi connectivity index (χ2v) is 4.90. The molecule has 0 amide bonds. The fourth-order valence-electron chi connectivity index (χ4n) is 1.84. The highest BCUT2D eigenvalue weighted by molar-refractivity contribution is 5.87. The number of nitrogens with zero attached hydrogens (tertiary/aromatic N) is 1. The lowest BCUT2D eigenvalue weighted by molar-refractivity contribution is 0.0679. The van der Waals surface area contributed by atoms with Gasteiger partial charge in [0.05, 0.1) is 17.0 Å². The first kappa shape index (κ1) is 13.1. The van der Waals surface area contributed by atoms with Gasteiger partial charge in [-0.1, -0.05) is 11.8 Å². The maximum absolute atomic E-state index is 10.7. The van der Waals surface area contributed by atoms with Crippen LogP contribution in [-0.2, 0) is 0 Å². The van der Waals surface area contributed by atoms with E-state index >= 15 is 0 Å². The van der Waals surface area contributed by atoms with Gasteiger partial charge in [0.2, 0.25) is 0 Å². The van der Waals surface area contributed by atoms with Crippen molar-refractivity contribution in [1.29, 1.82) is 5.26 Å². The molecule has 0 radical (unpaired) electrons. The highest BCUT2D eigenvalue weighted by atomic mass is 16.4. The van der Waals surface area contributed by atoms with Crippen molar-refractivity contribution in [3.8, 4) is 17.9 Å². The molecule has 1 saturated carbocycles. The van der Waals surface area contributed by atoms with Gasteiger partial charge in [-0.05, 0) is 44.0 Å². The molecule has 0 unspecified atom stereocenters. The van der Waals surface area contributed by atoms with Crippen LogP contribution in [0.2, 0.25) is 0 Å². The van der Waals surface area contributed by atoms with Crippen LogP contribution < -0.4 is 0 Å². The van der Waals surface area contributed by atoms with Gasteiger partial charge < -0.3 is 10.2 Å². The van der Waals surface area contributed by atoms with Gasteiger partial charge in [0.15, 0.2) is 0 Å². The number of aromatic carboxylic acids is 1. The number of carbonyl (C=O) groups is 1. The van der Waals surface area contributed by atoms with Gasteiger partial charge in [0.25, 0.3) is 0 Å². The van der Waals surface area contributed by atoms with E-state index in [0.717, 1.165) is 0 Å². The number of rotatable bonds is 2. The minimum Gasteiger partial charge on any atom is -0.478 e. The summed E-state index contributed by atoms with van der Waals surface area (Å²) >= 11 is 0. The molecule has 0 saturated heterocycles. The molecule has 1 aromatic carbocycles. The van der Waals surface area contributed by atoms with Gasteiger partial charge in [-0.2, -0.15) is 5.26 Å². The lowest BCUT2D eigenvalue weighted by atomic mass is 9.87. The molecule has 19 heavy (non-hydrogen) atoms. The third-order valence-corrected chi connectivity index (χ3v) is 3.48. The van der Waals surface area contributed by atoms with E-state index in [4.69, 9.17) is 10.4 Å². The van der Waals surface area contributed by atoms with Crippen LogP contribution in [-0.4, -0.2) is 21.8 Å². The van der Waals surface area contributed by atoms with Gasteiger partial charge in [-0.15, -0.1) is 0 Å². The maximum atomic E-state index is 10.7. The molecule has 1 fully saturated rings. The van der Waals surface area contributed by atoms with Gasteiger partial charge in [-0.25, -0.2) is 4.79 Å². The number of nitriles is 1. The van der Waals surface area contributed by atoms with Crippen molar-refractivity contribution in [2.45, 2.75) is 25.4 Å². The Bertz CT molecular complexity index is 608. The van der Waals surface area contributed by atoms with Gasteiger partial charge in [-0.3, -0.25) is 0 Å². The van der Waals surface area contributed by atoms with E-state index in [0.29, 0.717) is 18.4 Å². The molecular weight excluding hydrogens is 242 g/mol. The molecule has 0 spiro atoms. The molecule has 0 heterocycles. The minimum absolute atomic E-state index is 0.188. The van der Waals surface area contributed by atoms with Crippen molar-refractivity contribution < 1.29 is 15.0 Å². The highest BCUT2D eigenvalue weighted by Crippen LogP contribution is 2.53. The van der Waals surface area contributed by atoms with E-state index in [2.05, 4.69) is 17.9 Å². The molecule has 1 aromatic rings. The monoisotopic (exact) mass is 255 g/mol. The van der Waals surface area contributed by atoms with Crippen LogP contribution in [0.15, 0.2) is 24.3 Å². The molecular formula is C15H13NO3. The van der Waals surface area contributed by atoms with Crippen LogP contribution in [0.3, 0.4) is 0 Å². The summed E-state index contributed by atoms with van der Waals surface area (Å²) in [6.45, 7) is 1.54. The Hall–Kier alpha value is -2.30. The minimum atomic E-state index is -1.34. The van der Waals surface area contributed by atoms with Crippen molar-refractivity contribution in [3.05, 3.63) is 35.4 Å². The van der Waals surface area contributed by atoms with Crippen molar-refractivity contribution >= 4 is 5.97 Å². The Morgan fingerprint density at radius 2 is 1.95 bits per heavy atom. The lowest BCUT2D eigenvalue weighted by Gasteiger charge is -2.21. The van der Waals surface area contributed by atoms with E-state index in [1.54, 1.807) is 19.1 Å². The Morgan fingerprint density at radius 1 is 1.37 bits per heavy atom. The average Bonchev–Trinajstić information content (AvgIpc) is 3.18. The standard InChI is InChI=1S/C15H13NO3/c1-14(19,15(10-16)8-9-15)7-6-11-2-4-12(5-3-11)13(17)18/h2-5,19H,8-9H2,1H3,(H,17,18)/t14-/m0/s1. The number of carboxylic acid groups (broad SMARTS) is 1. The third-order valence-electron chi connectivity index (χ3n) is 3.48. The molecule has 1 atom stereocenters. The first-order valence-electron chi connectivity index (χ1n) is 5.90. The predicted molar refractivity (Wildman–Crippen MR) is 68.2 cm³/mol. The summed E-state index contributed by atoms with van der Waals surface area (Å²) in [7, 11) is 0. The molecule has 1 aliphatic carbocycles. The summed E-state index contributed by atoms with van der Waals surface area (Å²) in [4.78, 5) is 10.7. The fourth-order valence-corrected chi connectivity index (χ4v) is 1.84. The SMILES string of the molecule is C[C@](O)(C#Cc1ccc(C(=O)O)cc1)C1(C#N)CC1. The van der Waals surface area contributed by atoms with Crippen LogP contribution in [0.1, 0.15) is 35.7 Å². The molecule has 1 aliphatic rings. The van der Waals surface area contributed by atoms with E-state index in [9.17, 15) is 9.90 Å².